The zero-order valence-corrected chi connectivity index (χ0v) is 10.7. The predicted octanol–water partition coefficient (Wildman–Crippen LogP) is 3.23. The van der Waals surface area contributed by atoms with Gasteiger partial charge in [-0.3, -0.25) is 0 Å². The quantitative estimate of drug-likeness (QED) is 0.854. The molecule has 16 heavy (non-hydrogen) atoms. The average Bonchev–Trinajstić information content (AvgIpc) is 2.85. The molecule has 1 atom stereocenters. The minimum atomic E-state index is 0. The van der Waals surface area contributed by atoms with Crippen LogP contribution in [0.2, 0.25) is 0 Å². The first kappa shape index (κ1) is 13.3. The molecule has 90 valence electrons. The van der Waals surface area contributed by atoms with Crippen LogP contribution in [-0.4, -0.2) is 5.11 Å². The second-order valence-corrected chi connectivity index (χ2v) is 4.78. The van der Waals surface area contributed by atoms with E-state index in [1.165, 1.54) is 18.4 Å². The van der Waals surface area contributed by atoms with Gasteiger partial charge in [-0.15, -0.1) is 12.4 Å². The van der Waals surface area contributed by atoms with Gasteiger partial charge in [0.25, 0.3) is 0 Å². The zero-order valence-electron chi connectivity index (χ0n) is 9.86. The average molecular weight is 242 g/mol. The second kappa shape index (κ2) is 5.07. The van der Waals surface area contributed by atoms with Gasteiger partial charge in [-0.1, -0.05) is 12.8 Å². The number of hydrogen-bond donors (Lipinski definition) is 2. The lowest BCUT2D eigenvalue weighted by Gasteiger charge is -2.17. The summed E-state index contributed by atoms with van der Waals surface area (Å²) in [6.07, 6.45) is 3.76. The summed E-state index contributed by atoms with van der Waals surface area (Å²) in [6.45, 7) is 4.05. The largest absolute Gasteiger partial charge is 0.508 e. The molecule has 1 aromatic carbocycles. The number of halogens is 1. The fraction of sp³-hybridized carbons (Fsp3) is 0.538. The van der Waals surface area contributed by atoms with E-state index in [4.69, 9.17) is 5.73 Å². The van der Waals surface area contributed by atoms with Crippen LogP contribution < -0.4 is 5.73 Å². The van der Waals surface area contributed by atoms with Crippen molar-refractivity contribution in [3.8, 4) is 5.75 Å². The Kier molecular flexibility index (Phi) is 4.22. The number of phenolic OH excluding ortho intramolecular Hbond substituents is 1. The summed E-state index contributed by atoms with van der Waals surface area (Å²) >= 11 is 0. The van der Waals surface area contributed by atoms with Crippen molar-refractivity contribution in [2.24, 2.45) is 11.7 Å². The first-order valence-corrected chi connectivity index (χ1v) is 5.63. The predicted molar refractivity (Wildman–Crippen MR) is 69.1 cm³/mol. The van der Waals surface area contributed by atoms with Crippen LogP contribution in [0.15, 0.2) is 12.1 Å². The van der Waals surface area contributed by atoms with Crippen molar-refractivity contribution in [2.75, 3.05) is 0 Å². The second-order valence-electron chi connectivity index (χ2n) is 4.78. The molecule has 1 aromatic rings. The third-order valence-electron chi connectivity index (χ3n) is 3.23. The highest BCUT2D eigenvalue weighted by molar-refractivity contribution is 5.85. The summed E-state index contributed by atoms with van der Waals surface area (Å²) in [4.78, 5) is 0. The lowest BCUT2D eigenvalue weighted by Crippen LogP contribution is -2.14. The molecule has 1 saturated carbocycles. The van der Waals surface area contributed by atoms with Gasteiger partial charge in [-0.05, 0) is 55.0 Å². The molecule has 0 radical (unpaired) electrons. The molecule has 2 rings (SSSR count). The maximum Gasteiger partial charge on any atom is 0.116 e. The van der Waals surface area contributed by atoms with Crippen LogP contribution in [0, 0.1) is 19.8 Å². The Morgan fingerprint density at radius 2 is 1.81 bits per heavy atom. The molecule has 1 aliphatic rings. The van der Waals surface area contributed by atoms with E-state index in [9.17, 15) is 5.11 Å². The van der Waals surface area contributed by atoms with E-state index in [-0.39, 0.29) is 18.4 Å². The Labute approximate surface area is 103 Å². The molecule has 0 saturated heterocycles. The Balaban J connectivity index is 0.00000128. The Bertz CT molecular complexity index is 351. The number of phenols is 1. The minimum absolute atomic E-state index is 0. The fourth-order valence-electron chi connectivity index (χ4n) is 2.37. The van der Waals surface area contributed by atoms with Gasteiger partial charge >= 0.3 is 0 Å². The van der Waals surface area contributed by atoms with E-state index in [1.807, 2.05) is 13.8 Å². The van der Waals surface area contributed by atoms with Crippen LogP contribution >= 0.6 is 12.4 Å². The van der Waals surface area contributed by atoms with Crippen molar-refractivity contribution < 1.29 is 5.11 Å². The van der Waals surface area contributed by atoms with Gasteiger partial charge in [0, 0.05) is 6.04 Å². The van der Waals surface area contributed by atoms with Crippen molar-refractivity contribution >= 4 is 12.4 Å². The van der Waals surface area contributed by atoms with Gasteiger partial charge in [-0.2, -0.15) is 0 Å². The lowest BCUT2D eigenvalue weighted by molar-refractivity contribution is 0.473. The Morgan fingerprint density at radius 3 is 2.25 bits per heavy atom. The number of hydrogen-bond acceptors (Lipinski definition) is 2. The zero-order chi connectivity index (χ0) is 11.0. The summed E-state index contributed by atoms with van der Waals surface area (Å²) in [5, 5.41) is 9.45. The van der Waals surface area contributed by atoms with Crippen molar-refractivity contribution in [3.63, 3.8) is 0 Å². The van der Waals surface area contributed by atoms with Crippen LogP contribution in [0.4, 0.5) is 0 Å². The maximum atomic E-state index is 9.45. The van der Waals surface area contributed by atoms with Crippen LogP contribution in [0.25, 0.3) is 0 Å². The molecule has 0 aliphatic heterocycles. The maximum absolute atomic E-state index is 9.45. The molecule has 0 amide bonds. The SMILES string of the molecule is Cc1cc(O)cc(C)c1[C@@H](N)CC1CC1.Cl. The fourth-order valence-corrected chi connectivity index (χ4v) is 2.37. The number of aromatic hydroxyl groups is 1. The van der Waals surface area contributed by atoms with E-state index in [0.29, 0.717) is 5.75 Å². The lowest BCUT2D eigenvalue weighted by atomic mass is 9.93. The summed E-state index contributed by atoms with van der Waals surface area (Å²) in [5.74, 6) is 1.18. The number of benzene rings is 1. The van der Waals surface area contributed by atoms with Crippen LogP contribution in [0.5, 0.6) is 5.75 Å². The normalized spacial score (nSPS) is 16.7. The van der Waals surface area contributed by atoms with Crippen LogP contribution in [0.3, 0.4) is 0 Å². The topological polar surface area (TPSA) is 46.2 Å². The Morgan fingerprint density at radius 1 is 1.31 bits per heavy atom. The van der Waals surface area contributed by atoms with Gasteiger partial charge in [-0.25, -0.2) is 0 Å². The van der Waals surface area contributed by atoms with E-state index in [1.54, 1.807) is 12.1 Å². The highest BCUT2D eigenvalue weighted by Gasteiger charge is 2.25. The van der Waals surface area contributed by atoms with E-state index < -0.39 is 0 Å². The molecule has 1 aliphatic carbocycles. The van der Waals surface area contributed by atoms with Crippen LogP contribution in [0.1, 0.15) is 42.0 Å². The van der Waals surface area contributed by atoms with Gasteiger partial charge in [0.2, 0.25) is 0 Å². The molecule has 1 fully saturated rings. The van der Waals surface area contributed by atoms with Gasteiger partial charge < -0.3 is 10.8 Å². The standard InChI is InChI=1S/C13H19NO.ClH/c1-8-5-11(15)6-9(2)13(8)12(14)7-10-3-4-10;/h5-6,10,12,15H,3-4,7,14H2,1-2H3;1H/t12-;/m0./s1. The minimum Gasteiger partial charge on any atom is -0.508 e. The molecule has 0 unspecified atom stereocenters. The van der Waals surface area contributed by atoms with Crippen molar-refractivity contribution in [1.29, 1.82) is 0 Å². The highest BCUT2D eigenvalue weighted by atomic mass is 35.5. The first-order valence-electron chi connectivity index (χ1n) is 5.63. The van der Waals surface area contributed by atoms with Gasteiger partial charge in [0.05, 0.1) is 0 Å². The van der Waals surface area contributed by atoms with Crippen molar-refractivity contribution in [2.45, 2.75) is 39.2 Å². The third kappa shape index (κ3) is 2.89. The molecular weight excluding hydrogens is 222 g/mol. The smallest absolute Gasteiger partial charge is 0.116 e. The number of aryl methyl sites for hydroxylation is 2. The monoisotopic (exact) mass is 241 g/mol. The molecule has 0 aromatic heterocycles. The van der Waals surface area contributed by atoms with Gasteiger partial charge in [0.1, 0.15) is 5.75 Å². The molecule has 3 N–H and O–H groups in total. The highest BCUT2D eigenvalue weighted by Crippen LogP contribution is 2.38. The van der Waals surface area contributed by atoms with E-state index in [0.717, 1.165) is 23.5 Å². The number of rotatable bonds is 3. The van der Waals surface area contributed by atoms with Crippen molar-refractivity contribution in [1.82, 2.24) is 0 Å². The number of nitrogens with two attached hydrogens (primary N) is 1. The summed E-state index contributed by atoms with van der Waals surface area (Å²) < 4.78 is 0. The van der Waals surface area contributed by atoms with Crippen molar-refractivity contribution in [3.05, 3.63) is 28.8 Å². The molecule has 0 heterocycles. The molecular formula is C13H20ClNO. The molecule has 3 heteroatoms. The molecule has 0 bridgehead atoms. The third-order valence-corrected chi connectivity index (χ3v) is 3.23. The molecule has 2 nitrogen and oxygen atoms in total. The summed E-state index contributed by atoms with van der Waals surface area (Å²) in [5.41, 5.74) is 9.65. The van der Waals surface area contributed by atoms with Crippen LogP contribution in [-0.2, 0) is 0 Å². The Hall–Kier alpha value is -0.730. The molecule has 0 spiro atoms. The summed E-state index contributed by atoms with van der Waals surface area (Å²) in [6, 6.07) is 3.74. The van der Waals surface area contributed by atoms with E-state index in [2.05, 4.69) is 0 Å². The van der Waals surface area contributed by atoms with E-state index >= 15 is 0 Å². The van der Waals surface area contributed by atoms with Gasteiger partial charge in [0.15, 0.2) is 0 Å². The summed E-state index contributed by atoms with van der Waals surface area (Å²) in [7, 11) is 0. The first-order chi connectivity index (χ1) is 7.08.